The average molecular weight is 461 g/mol. The van der Waals surface area contributed by atoms with Gasteiger partial charge in [-0.25, -0.2) is 0 Å². The van der Waals surface area contributed by atoms with Gasteiger partial charge in [0, 0.05) is 36.1 Å². The molecular weight excluding hydrogens is 427 g/mol. The van der Waals surface area contributed by atoms with E-state index in [1.807, 2.05) is 12.1 Å². The number of methoxy groups -OCH3 is 1. The number of ether oxygens (including phenoxy) is 2. The summed E-state index contributed by atoms with van der Waals surface area (Å²) in [6.45, 7) is 14.7. The maximum Gasteiger partial charge on any atom is 0.126 e. The van der Waals surface area contributed by atoms with E-state index in [0.717, 1.165) is 50.4 Å². The quantitative estimate of drug-likeness (QED) is 0.342. The molecule has 1 unspecified atom stereocenters. The molecule has 0 bridgehead atoms. The molecular formula is C22H34Cl2N2O2S. The number of hydrogen-bond acceptors (Lipinski definition) is 5. The third-order valence-corrected chi connectivity index (χ3v) is 6.66. The van der Waals surface area contributed by atoms with Crippen LogP contribution in [0.25, 0.3) is 0 Å². The first-order valence-corrected chi connectivity index (χ1v) is 11.7. The number of likely N-dealkylation sites (tertiary alicyclic amines) is 1. The van der Waals surface area contributed by atoms with Gasteiger partial charge in [0.25, 0.3) is 0 Å². The molecule has 164 valence electrons. The van der Waals surface area contributed by atoms with E-state index in [0.29, 0.717) is 22.6 Å². The molecule has 1 N–H and O–H groups in total. The van der Waals surface area contributed by atoms with Gasteiger partial charge in [-0.3, -0.25) is 4.72 Å². The lowest BCUT2D eigenvalue weighted by molar-refractivity contribution is 0.113. The fourth-order valence-corrected chi connectivity index (χ4v) is 4.57. The first-order valence-electron chi connectivity index (χ1n) is 10.1. The summed E-state index contributed by atoms with van der Waals surface area (Å²) >= 11 is 14.5. The lowest BCUT2D eigenvalue weighted by Crippen LogP contribution is -2.40. The Morgan fingerprint density at radius 1 is 1.28 bits per heavy atom. The number of rotatable bonds is 10. The van der Waals surface area contributed by atoms with Crippen molar-refractivity contribution in [3.8, 4) is 5.75 Å². The second-order valence-corrected chi connectivity index (χ2v) is 10.9. The van der Waals surface area contributed by atoms with E-state index in [9.17, 15) is 0 Å². The van der Waals surface area contributed by atoms with Crippen LogP contribution in [0.1, 0.15) is 45.2 Å². The Morgan fingerprint density at radius 2 is 1.93 bits per heavy atom. The van der Waals surface area contributed by atoms with Gasteiger partial charge in [-0.15, -0.1) is 0 Å². The van der Waals surface area contributed by atoms with Crippen molar-refractivity contribution in [3.63, 3.8) is 0 Å². The number of hydrogen-bond donors (Lipinski definition) is 1. The molecule has 0 aliphatic carbocycles. The van der Waals surface area contributed by atoms with Crippen molar-refractivity contribution in [2.24, 2.45) is 5.92 Å². The zero-order valence-electron chi connectivity index (χ0n) is 18.0. The van der Waals surface area contributed by atoms with Crippen LogP contribution < -0.4 is 9.46 Å². The molecule has 1 saturated heterocycles. The van der Waals surface area contributed by atoms with Crippen LogP contribution in [0.3, 0.4) is 0 Å². The molecule has 1 atom stereocenters. The Bertz CT molecular complexity index is 659. The number of nitrogens with zero attached hydrogens (tertiary/aromatic N) is 1. The normalized spacial score (nSPS) is 17.3. The van der Waals surface area contributed by atoms with Gasteiger partial charge in [-0.1, -0.05) is 47.8 Å². The highest BCUT2D eigenvalue weighted by Gasteiger charge is 2.31. The van der Waals surface area contributed by atoms with Gasteiger partial charge in [0.15, 0.2) is 0 Å². The summed E-state index contributed by atoms with van der Waals surface area (Å²) in [5.41, 5.74) is 1.06. The maximum atomic E-state index is 6.41. The van der Waals surface area contributed by atoms with Gasteiger partial charge in [0.1, 0.15) is 12.4 Å². The number of nitrogens with one attached hydrogen (secondary N) is 1. The topological polar surface area (TPSA) is 33.7 Å². The number of benzene rings is 1. The molecule has 1 aliphatic rings. The lowest BCUT2D eigenvalue weighted by atomic mass is 9.85. The van der Waals surface area contributed by atoms with Crippen LogP contribution in [-0.2, 0) is 4.74 Å². The molecule has 1 aliphatic heterocycles. The highest BCUT2D eigenvalue weighted by atomic mass is 35.5. The Morgan fingerprint density at radius 3 is 2.52 bits per heavy atom. The van der Waals surface area contributed by atoms with Gasteiger partial charge in [0.2, 0.25) is 0 Å². The van der Waals surface area contributed by atoms with Crippen molar-refractivity contribution in [1.82, 2.24) is 9.62 Å². The smallest absolute Gasteiger partial charge is 0.126 e. The molecule has 4 nitrogen and oxygen atoms in total. The van der Waals surface area contributed by atoms with E-state index in [1.54, 1.807) is 25.1 Å². The molecule has 0 spiro atoms. The fraction of sp³-hybridized carbons (Fsp3) is 0.636. The van der Waals surface area contributed by atoms with Gasteiger partial charge >= 0.3 is 0 Å². The molecule has 0 radical (unpaired) electrons. The number of halogens is 2. The maximum absolute atomic E-state index is 6.41. The fourth-order valence-electron chi connectivity index (χ4n) is 3.44. The minimum atomic E-state index is 0.0930. The Kier molecular flexibility index (Phi) is 10.1. The first kappa shape index (κ1) is 24.8. The van der Waals surface area contributed by atoms with E-state index in [2.05, 4.69) is 37.0 Å². The highest BCUT2D eigenvalue weighted by molar-refractivity contribution is 7.98. The minimum Gasteiger partial charge on any atom is -0.489 e. The van der Waals surface area contributed by atoms with E-state index in [-0.39, 0.29) is 10.8 Å². The largest absolute Gasteiger partial charge is 0.489 e. The molecule has 1 heterocycles. The van der Waals surface area contributed by atoms with Crippen molar-refractivity contribution in [2.45, 2.75) is 44.4 Å². The summed E-state index contributed by atoms with van der Waals surface area (Å²) in [5, 5.41) is 1.06. The SMILES string of the molecule is C=CCOc1cc(Cl)c(Cl)cc1C(NSC(C)(C)C)C1CCN(CCOC)CC1. The van der Waals surface area contributed by atoms with Crippen LogP contribution in [-0.4, -0.2) is 49.6 Å². The highest BCUT2D eigenvalue weighted by Crippen LogP contribution is 2.41. The van der Waals surface area contributed by atoms with E-state index >= 15 is 0 Å². The Hall–Kier alpha value is -0.430. The Balaban J connectivity index is 2.26. The molecule has 0 aromatic heterocycles. The van der Waals surface area contributed by atoms with Crippen molar-refractivity contribution < 1.29 is 9.47 Å². The molecule has 1 aromatic rings. The van der Waals surface area contributed by atoms with Crippen molar-refractivity contribution >= 4 is 35.1 Å². The van der Waals surface area contributed by atoms with Crippen LogP contribution in [0.2, 0.25) is 10.0 Å². The molecule has 29 heavy (non-hydrogen) atoms. The molecule has 0 amide bonds. The van der Waals surface area contributed by atoms with Crippen LogP contribution in [0.5, 0.6) is 5.75 Å². The van der Waals surface area contributed by atoms with Gasteiger partial charge in [-0.2, -0.15) is 0 Å². The zero-order chi connectivity index (χ0) is 21.4. The summed E-state index contributed by atoms with van der Waals surface area (Å²) in [4.78, 5) is 2.47. The monoisotopic (exact) mass is 460 g/mol. The molecule has 1 fully saturated rings. The predicted molar refractivity (Wildman–Crippen MR) is 126 cm³/mol. The standard InChI is InChI=1S/C22H34Cl2N2O2S/c1-6-12-28-20-15-19(24)18(23)14-17(20)21(25-29-22(2,3)4)16-7-9-26(10-8-16)11-13-27-5/h6,14-16,21,25H,1,7-13H2,2-5H3. The zero-order valence-corrected chi connectivity index (χ0v) is 20.3. The van der Waals surface area contributed by atoms with Gasteiger partial charge in [-0.05, 0) is 58.7 Å². The lowest BCUT2D eigenvalue weighted by Gasteiger charge is -2.38. The molecule has 0 saturated carbocycles. The number of piperidine rings is 1. The third-order valence-electron chi connectivity index (χ3n) is 4.95. The van der Waals surface area contributed by atoms with Crippen molar-refractivity contribution in [2.75, 3.05) is 40.0 Å². The second kappa shape index (κ2) is 11.8. The van der Waals surface area contributed by atoms with Crippen LogP contribution in [0.15, 0.2) is 24.8 Å². The summed E-state index contributed by atoms with van der Waals surface area (Å²) in [7, 11) is 1.76. The first-order chi connectivity index (χ1) is 13.7. The minimum absolute atomic E-state index is 0.0930. The van der Waals surface area contributed by atoms with E-state index in [1.165, 1.54) is 0 Å². The molecule has 2 rings (SSSR count). The molecule has 1 aromatic carbocycles. The summed E-state index contributed by atoms with van der Waals surface area (Å²) < 4.78 is 15.0. The Labute approximate surface area is 190 Å². The van der Waals surface area contributed by atoms with Crippen LogP contribution >= 0.6 is 35.1 Å². The summed E-state index contributed by atoms with van der Waals surface area (Å²) in [6, 6.07) is 3.91. The van der Waals surface area contributed by atoms with E-state index in [4.69, 9.17) is 32.7 Å². The van der Waals surface area contributed by atoms with E-state index < -0.39 is 0 Å². The predicted octanol–water partition coefficient (Wildman–Crippen LogP) is 5.99. The van der Waals surface area contributed by atoms with Gasteiger partial charge in [0.05, 0.1) is 16.7 Å². The van der Waals surface area contributed by atoms with Gasteiger partial charge < -0.3 is 14.4 Å². The average Bonchev–Trinajstić information content (AvgIpc) is 2.67. The van der Waals surface area contributed by atoms with Crippen LogP contribution in [0.4, 0.5) is 0 Å². The second-order valence-electron chi connectivity index (χ2n) is 8.39. The van der Waals surface area contributed by atoms with Crippen molar-refractivity contribution in [3.05, 3.63) is 40.4 Å². The summed E-state index contributed by atoms with van der Waals surface area (Å²) in [5.74, 6) is 1.25. The third kappa shape index (κ3) is 7.97. The van der Waals surface area contributed by atoms with Crippen LogP contribution in [0, 0.1) is 5.92 Å². The summed E-state index contributed by atoms with van der Waals surface area (Å²) in [6.07, 6.45) is 3.95. The molecule has 7 heteroatoms. The van der Waals surface area contributed by atoms with Crippen molar-refractivity contribution in [1.29, 1.82) is 0 Å².